The molecule has 0 atom stereocenters. The van der Waals surface area contributed by atoms with Gasteiger partial charge < -0.3 is 10.3 Å². The van der Waals surface area contributed by atoms with Gasteiger partial charge in [-0.15, -0.1) is 0 Å². The van der Waals surface area contributed by atoms with Gasteiger partial charge in [-0.25, -0.2) is 9.18 Å². The van der Waals surface area contributed by atoms with E-state index in [-0.39, 0.29) is 11.4 Å². The fourth-order valence-electron chi connectivity index (χ4n) is 1.69. The van der Waals surface area contributed by atoms with E-state index in [1.54, 1.807) is 13.0 Å². The molecular weight excluding hydrogens is 237 g/mol. The van der Waals surface area contributed by atoms with Gasteiger partial charge in [-0.05, 0) is 36.8 Å². The van der Waals surface area contributed by atoms with Crippen LogP contribution in [0.5, 0.6) is 0 Å². The zero-order valence-corrected chi connectivity index (χ0v) is 9.55. The second-order valence-electron chi connectivity index (χ2n) is 3.91. The van der Waals surface area contributed by atoms with E-state index in [1.165, 1.54) is 30.3 Å². The van der Waals surface area contributed by atoms with Gasteiger partial charge in [-0.2, -0.15) is 4.73 Å². The van der Waals surface area contributed by atoms with Gasteiger partial charge in [0.15, 0.2) is 0 Å². The van der Waals surface area contributed by atoms with Crippen molar-refractivity contribution in [1.82, 2.24) is 0 Å². The lowest BCUT2D eigenvalue weighted by Gasteiger charge is -2.08. The number of pyridine rings is 1. The minimum absolute atomic E-state index is 0.187. The topological polar surface area (TPSA) is 64.2 Å². The van der Waals surface area contributed by atoms with Crippen molar-refractivity contribution in [3.8, 4) is 11.3 Å². The van der Waals surface area contributed by atoms with Crippen LogP contribution in [0.25, 0.3) is 11.3 Å². The van der Waals surface area contributed by atoms with E-state index in [1.807, 2.05) is 0 Å². The van der Waals surface area contributed by atoms with E-state index in [0.717, 1.165) is 0 Å². The van der Waals surface area contributed by atoms with Crippen LogP contribution in [0.2, 0.25) is 0 Å². The Labute approximate surface area is 103 Å². The molecule has 1 aromatic heterocycles. The number of rotatable bonds is 2. The molecule has 1 heterocycles. The highest BCUT2D eigenvalue weighted by molar-refractivity contribution is 5.84. The van der Waals surface area contributed by atoms with Gasteiger partial charge >= 0.3 is 11.7 Å². The molecule has 0 bridgehead atoms. The largest absolute Gasteiger partial charge is 0.618 e. The summed E-state index contributed by atoms with van der Waals surface area (Å²) in [7, 11) is 0. The third-order valence-electron chi connectivity index (χ3n) is 2.53. The molecule has 2 aromatic rings. The number of halogens is 1. The lowest BCUT2D eigenvalue weighted by molar-refractivity contribution is -0.596. The Bertz CT molecular complexity index is 608. The molecule has 92 valence electrons. The summed E-state index contributed by atoms with van der Waals surface area (Å²) in [4.78, 5) is 10.9. The zero-order chi connectivity index (χ0) is 13.3. The second kappa shape index (κ2) is 4.44. The van der Waals surface area contributed by atoms with Crippen LogP contribution < -0.4 is 4.73 Å². The Morgan fingerprint density at radius 3 is 2.44 bits per heavy atom. The standard InChI is InChI=1S/C13H10FNO3/c1-8-6-11(9-2-4-10(14)5-3-9)15(18)12(7-8)13(16)17/h2-7H,1H3,(H,16,17). The molecule has 18 heavy (non-hydrogen) atoms. The lowest BCUT2D eigenvalue weighted by Crippen LogP contribution is -2.37. The van der Waals surface area contributed by atoms with Crippen LogP contribution in [0.4, 0.5) is 4.39 Å². The van der Waals surface area contributed by atoms with Crippen molar-refractivity contribution >= 4 is 5.97 Å². The minimum Gasteiger partial charge on any atom is -0.618 e. The number of aromatic nitrogens is 1. The highest BCUT2D eigenvalue weighted by Gasteiger charge is 2.20. The number of hydrogen-bond acceptors (Lipinski definition) is 2. The summed E-state index contributed by atoms with van der Waals surface area (Å²) in [6, 6.07) is 8.17. The van der Waals surface area contributed by atoms with Crippen LogP contribution in [0.1, 0.15) is 16.1 Å². The quantitative estimate of drug-likeness (QED) is 0.653. The van der Waals surface area contributed by atoms with Crippen molar-refractivity contribution in [2.24, 2.45) is 0 Å². The monoisotopic (exact) mass is 247 g/mol. The van der Waals surface area contributed by atoms with E-state index in [9.17, 15) is 14.4 Å². The Kier molecular flexibility index (Phi) is 2.97. The molecule has 1 aromatic carbocycles. The van der Waals surface area contributed by atoms with Gasteiger partial charge in [0.05, 0.1) is 0 Å². The molecule has 0 fully saturated rings. The molecule has 1 N–H and O–H groups in total. The number of benzene rings is 1. The van der Waals surface area contributed by atoms with Crippen LogP contribution >= 0.6 is 0 Å². The van der Waals surface area contributed by atoms with Crippen molar-refractivity contribution in [2.45, 2.75) is 6.92 Å². The van der Waals surface area contributed by atoms with Gasteiger partial charge in [0.2, 0.25) is 5.69 Å². The average molecular weight is 247 g/mol. The molecule has 2 rings (SSSR count). The summed E-state index contributed by atoms with van der Waals surface area (Å²) in [5, 5.41) is 20.8. The first kappa shape index (κ1) is 12.0. The summed E-state index contributed by atoms with van der Waals surface area (Å²) >= 11 is 0. The molecule has 0 aliphatic heterocycles. The Balaban J connectivity index is 2.64. The summed E-state index contributed by atoms with van der Waals surface area (Å²) in [5.74, 6) is -1.71. The normalized spacial score (nSPS) is 10.3. The summed E-state index contributed by atoms with van der Waals surface area (Å²) < 4.78 is 13.1. The van der Waals surface area contributed by atoms with Crippen LogP contribution in [0.15, 0.2) is 36.4 Å². The summed E-state index contributed by atoms with van der Waals surface area (Å²) in [6.45, 7) is 1.69. The van der Waals surface area contributed by atoms with Crippen molar-refractivity contribution in [3.63, 3.8) is 0 Å². The fraction of sp³-hybridized carbons (Fsp3) is 0.0769. The molecule has 0 saturated carbocycles. The molecular formula is C13H10FNO3. The Morgan fingerprint density at radius 1 is 1.28 bits per heavy atom. The Hall–Kier alpha value is -2.43. The van der Waals surface area contributed by atoms with Gasteiger partial charge in [0, 0.05) is 17.7 Å². The van der Waals surface area contributed by atoms with E-state index in [0.29, 0.717) is 15.9 Å². The molecule has 0 unspecified atom stereocenters. The van der Waals surface area contributed by atoms with Gasteiger partial charge in [0.1, 0.15) is 5.82 Å². The maximum Gasteiger partial charge on any atom is 0.402 e. The first-order valence-electron chi connectivity index (χ1n) is 5.22. The van der Waals surface area contributed by atoms with E-state index >= 15 is 0 Å². The molecule has 0 aliphatic carbocycles. The van der Waals surface area contributed by atoms with E-state index in [4.69, 9.17) is 5.11 Å². The fourth-order valence-corrected chi connectivity index (χ4v) is 1.69. The number of carboxylic acid groups (broad SMARTS) is 1. The van der Waals surface area contributed by atoms with Gasteiger partial charge in [-0.1, -0.05) is 0 Å². The number of nitrogens with zero attached hydrogens (tertiary/aromatic N) is 1. The Morgan fingerprint density at radius 2 is 1.89 bits per heavy atom. The number of carbonyl (C=O) groups is 1. The first-order chi connectivity index (χ1) is 8.49. The van der Waals surface area contributed by atoms with E-state index < -0.39 is 11.8 Å². The zero-order valence-electron chi connectivity index (χ0n) is 9.55. The smallest absolute Gasteiger partial charge is 0.402 e. The van der Waals surface area contributed by atoms with Crippen LogP contribution in [-0.2, 0) is 0 Å². The van der Waals surface area contributed by atoms with Crippen LogP contribution in [0, 0.1) is 17.9 Å². The number of hydrogen-bond donors (Lipinski definition) is 1. The highest BCUT2D eigenvalue weighted by atomic mass is 19.1. The molecule has 0 saturated heterocycles. The highest BCUT2D eigenvalue weighted by Crippen LogP contribution is 2.18. The maximum atomic E-state index is 12.8. The van der Waals surface area contributed by atoms with Crippen molar-refractivity contribution in [1.29, 1.82) is 0 Å². The summed E-state index contributed by atoms with van der Waals surface area (Å²) in [5.41, 5.74) is 0.957. The van der Waals surface area contributed by atoms with Crippen LogP contribution in [0.3, 0.4) is 0 Å². The third kappa shape index (κ3) is 2.15. The van der Waals surface area contributed by atoms with Gasteiger partial charge in [0.25, 0.3) is 0 Å². The lowest BCUT2D eigenvalue weighted by atomic mass is 10.1. The van der Waals surface area contributed by atoms with Crippen molar-refractivity contribution in [2.75, 3.05) is 0 Å². The second-order valence-corrected chi connectivity index (χ2v) is 3.91. The SMILES string of the molecule is Cc1cc(C(=O)O)[n+]([O-])c(-c2ccc(F)cc2)c1. The summed E-state index contributed by atoms with van der Waals surface area (Å²) in [6.07, 6.45) is 0. The minimum atomic E-state index is -1.29. The number of aryl methyl sites for hydroxylation is 1. The third-order valence-corrected chi connectivity index (χ3v) is 2.53. The molecule has 4 nitrogen and oxygen atoms in total. The molecule has 0 aliphatic rings. The first-order valence-corrected chi connectivity index (χ1v) is 5.22. The van der Waals surface area contributed by atoms with E-state index in [2.05, 4.69) is 0 Å². The average Bonchev–Trinajstić information content (AvgIpc) is 2.32. The predicted octanol–water partition coefficient (Wildman–Crippen LogP) is 2.13. The van der Waals surface area contributed by atoms with Crippen LogP contribution in [-0.4, -0.2) is 11.1 Å². The van der Waals surface area contributed by atoms with Gasteiger partial charge in [-0.3, -0.25) is 0 Å². The molecule has 0 spiro atoms. The van der Waals surface area contributed by atoms with Crippen molar-refractivity contribution < 1.29 is 19.0 Å². The molecule has 0 amide bonds. The number of aromatic carboxylic acids is 1. The molecule has 0 radical (unpaired) electrons. The number of carboxylic acids is 1. The molecule has 5 heteroatoms. The maximum absolute atomic E-state index is 12.8. The predicted molar refractivity (Wildman–Crippen MR) is 62.5 cm³/mol. The van der Waals surface area contributed by atoms with Crippen molar-refractivity contribution in [3.05, 3.63) is 58.7 Å².